The van der Waals surface area contributed by atoms with E-state index in [2.05, 4.69) is 36.7 Å². The molecule has 4 rings (SSSR count). The first kappa shape index (κ1) is 16.6. The highest BCUT2D eigenvalue weighted by Gasteiger charge is 2.24. The number of carbonyl (C=O) groups excluding carboxylic acids is 1. The summed E-state index contributed by atoms with van der Waals surface area (Å²) < 4.78 is 2.06. The van der Waals surface area contributed by atoms with Crippen molar-refractivity contribution in [2.45, 2.75) is 39.2 Å². The Balaban J connectivity index is 1.72. The third kappa shape index (κ3) is 2.62. The van der Waals surface area contributed by atoms with Gasteiger partial charge in [0.2, 0.25) is 5.43 Å². The van der Waals surface area contributed by atoms with Crippen LogP contribution in [0.15, 0.2) is 53.5 Å². The number of amides is 1. The summed E-state index contributed by atoms with van der Waals surface area (Å²) in [4.78, 5) is 25.6. The molecule has 4 nitrogen and oxygen atoms in total. The van der Waals surface area contributed by atoms with Gasteiger partial charge in [-0.05, 0) is 48.6 Å². The highest BCUT2D eigenvalue weighted by atomic mass is 16.2. The van der Waals surface area contributed by atoms with Crippen LogP contribution in [0.3, 0.4) is 0 Å². The van der Waals surface area contributed by atoms with Gasteiger partial charge < -0.3 is 9.88 Å². The van der Waals surface area contributed by atoms with Crippen LogP contribution in [0.5, 0.6) is 0 Å². The number of anilines is 1. The molecule has 1 unspecified atom stereocenters. The molecule has 0 saturated carbocycles. The predicted molar refractivity (Wildman–Crippen MR) is 105 cm³/mol. The largest absolute Gasteiger partial charge is 0.343 e. The zero-order chi connectivity index (χ0) is 18.4. The highest BCUT2D eigenvalue weighted by molar-refractivity contribution is 6.06. The fourth-order valence-electron chi connectivity index (χ4n) is 3.73. The van der Waals surface area contributed by atoms with Gasteiger partial charge in [0.25, 0.3) is 5.91 Å². The van der Waals surface area contributed by atoms with E-state index >= 15 is 0 Å². The van der Waals surface area contributed by atoms with Crippen LogP contribution < -0.4 is 10.7 Å². The second kappa shape index (κ2) is 6.13. The number of hydrogen-bond acceptors (Lipinski definition) is 2. The zero-order valence-electron chi connectivity index (χ0n) is 15.2. The molecule has 1 aromatic heterocycles. The molecule has 0 spiro atoms. The van der Waals surface area contributed by atoms with Crippen LogP contribution in [0.1, 0.15) is 54.2 Å². The normalized spacial score (nSPS) is 15.6. The van der Waals surface area contributed by atoms with Crippen molar-refractivity contribution in [2.75, 3.05) is 5.32 Å². The first-order valence-corrected chi connectivity index (χ1v) is 9.03. The van der Waals surface area contributed by atoms with Crippen LogP contribution in [-0.2, 0) is 6.42 Å². The molecule has 132 valence electrons. The molecule has 26 heavy (non-hydrogen) atoms. The lowest BCUT2D eigenvalue weighted by Gasteiger charge is -2.13. The molecule has 1 atom stereocenters. The van der Waals surface area contributed by atoms with Crippen molar-refractivity contribution in [1.82, 2.24) is 4.57 Å². The Labute approximate surface area is 152 Å². The van der Waals surface area contributed by atoms with Gasteiger partial charge in [-0.3, -0.25) is 9.59 Å². The first-order valence-electron chi connectivity index (χ1n) is 9.03. The summed E-state index contributed by atoms with van der Waals surface area (Å²) >= 11 is 0. The summed E-state index contributed by atoms with van der Waals surface area (Å²) in [5.41, 5.74) is 4.02. The first-order chi connectivity index (χ1) is 12.5. The highest BCUT2D eigenvalue weighted by Crippen LogP contribution is 2.31. The van der Waals surface area contributed by atoms with E-state index in [-0.39, 0.29) is 22.9 Å². The smallest absolute Gasteiger partial charge is 0.261 e. The minimum Gasteiger partial charge on any atom is -0.343 e. The van der Waals surface area contributed by atoms with Crippen molar-refractivity contribution < 1.29 is 4.79 Å². The van der Waals surface area contributed by atoms with Gasteiger partial charge in [-0.15, -0.1) is 0 Å². The molecular weight excluding hydrogens is 324 g/mol. The monoisotopic (exact) mass is 346 g/mol. The summed E-state index contributed by atoms with van der Waals surface area (Å²) in [7, 11) is 0. The van der Waals surface area contributed by atoms with E-state index in [0.29, 0.717) is 17.0 Å². The third-order valence-electron chi connectivity index (χ3n) is 5.21. The maximum Gasteiger partial charge on any atom is 0.261 e. The Morgan fingerprint density at radius 3 is 2.58 bits per heavy atom. The maximum absolute atomic E-state index is 12.9. The average molecular weight is 346 g/mol. The summed E-state index contributed by atoms with van der Waals surface area (Å²) in [6, 6.07) is 13.8. The lowest BCUT2D eigenvalue weighted by molar-refractivity contribution is 0.102. The van der Waals surface area contributed by atoms with Gasteiger partial charge in [-0.25, -0.2) is 0 Å². The number of para-hydroxylation sites is 1. The second-order valence-electron chi connectivity index (χ2n) is 7.38. The van der Waals surface area contributed by atoms with Crippen molar-refractivity contribution in [3.05, 3.63) is 75.6 Å². The Kier molecular flexibility index (Phi) is 3.91. The Morgan fingerprint density at radius 1 is 1.15 bits per heavy atom. The molecule has 0 aliphatic carbocycles. The molecule has 0 saturated heterocycles. The average Bonchev–Trinajstić information content (AvgIpc) is 2.94. The number of nitrogens with zero attached hydrogens (tertiary/aromatic N) is 1. The van der Waals surface area contributed by atoms with Gasteiger partial charge >= 0.3 is 0 Å². The Bertz CT molecular complexity index is 1060. The maximum atomic E-state index is 12.9. The minimum atomic E-state index is -0.359. The van der Waals surface area contributed by atoms with Crippen LogP contribution in [0.4, 0.5) is 5.69 Å². The number of nitrogens with one attached hydrogen (secondary N) is 1. The van der Waals surface area contributed by atoms with Crippen molar-refractivity contribution in [2.24, 2.45) is 0 Å². The summed E-state index contributed by atoms with van der Waals surface area (Å²) in [6.07, 6.45) is 2.60. The van der Waals surface area contributed by atoms with Crippen molar-refractivity contribution in [3.8, 4) is 0 Å². The van der Waals surface area contributed by atoms with Crippen LogP contribution in [0, 0.1) is 0 Å². The summed E-state index contributed by atoms with van der Waals surface area (Å²) in [6.45, 7) is 6.36. The van der Waals surface area contributed by atoms with E-state index in [0.717, 1.165) is 11.9 Å². The molecule has 1 aliphatic rings. The van der Waals surface area contributed by atoms with Crippen molar-refractivity contribution in [3.63, 3.8) is 0 Å². The molecule has 1 aliphatic heterocycles. The van der Waals surface area contributed by atoms with E-state index in [9.17, 15) is 9.59 Å². The van der Waals surface area contributed by atoms with E-state index in [1.165, 1.54) is 11.1 Å². The number of aromatic nitrogens is 1. The number of hydrogen-bond donors (Lipinski definition) is 1. The van der Waals surface area contributed by atoms with Gasteiger partial charge in [-0.2, -0.15) is 0 Å². The zero-order valence-corrected chi connectivity index (χ0v) is 15.2. The molecule has 2 aromatic carbocycles. The van der Waals surface area contributed by atoms with Crippen molar-refractivity contribution >= 4 is 22.5 Å². The van der Waals surface area contributed by atoms with Gasteiger partial charge in [0.1, 0.15) is 5.56 Å². The van der Waals surface area contributed by atoms with E-state index in [1.54, 1.807) is 6.20 Å². The van der Waals surface area contributed by atoms with Crippen LogP contribution in [-0.4, -0.2) is 10.5 Å². The minimum absolute atomic E-state index is 0.191. The molecule has 0 bridgehead atoms. The quantitative estimate of drug-likeness (QED) is 0.759. The number of carbonyl (C=O) groups is 1. The fourth-order valence-corrected chi connectivity index (χ4v) is 3.73. The Hall–Kier alpha value is -2.88. The molecule has 3 aromatic rings. The SMILES string of the molecule is CC(C)c1ccc(NC(=O)c2cn3c4c(cccc4c2=O)CC3C)cc1. The number of rotatable bonds is 3. The second-order valence-corrected chi connectivity index (χ2v) is 7.38. The molecule has 2 heterocycles. The topological polar surface area (TPSA) is 51.1 Å². The molecule has 0 fully saturated rings. The predicted octanol–water partition coefficient (Wildman–Crippen LogP) is 4.49. The lowest BCUT2D eigenvalue weighted by atomic mass is 10.0. The van der Waals surface area contributed by atoms with Crippen LogP contribution in [0.25, 0.3) is 10.9 Å². The summed E-state index contributed by atoms with van der Waals surface area (Å²) in [5, 5.41) is 3.48. The third-order valence-corrected chi connectivity index (χ3v) is 5.21. The number of benzene rings is 2. The van der Waals surface area contributed by atoms with Gasteiger partial charge in [0.15, 0.2) is 0 Å². The van der Waals surface area contributed by atoms with Crippen LogP contribution in [0.2, 0.25) is 0 Å². The van der Waals surface area contributed by atoms with Gasteiger partial charge in [0.05, 0.1) is 5.52 Å². The molecule has 1 amide bonds. The summed E-state index contributed by atoms with van der Waals surface area (Å²) in [5.74, 6) is 0.0761. The number of pyridine rings is 1. The molecule has 1 N–H and O–H groups in total. The van der Waals surface area contributed by atoms with E-state index < -0.39 is 0 Å². The van der Waals surface area contributed by atoms with E-state index in [1.807, 2.05) is 36.4 Å². The molecule has 4 heteroatoms. The molecule has 0 radical (unpaired) electrons. The Morgan fingerprint density at radius 2 is 1.88 bits per heavy atom. The van der Waals surface area contributed by atoms with E-state index in [4.69, 9.17) is 0 Å². The van der Waals surface area contributed by atoms with Gasteiger partial charge in [-0.1, -0.05) is 38.1 Å². The standard InChI is InChI=1S/C22H22N2O2/c1-13(2)15-7-9-17(10-8-15)23-22(26)19-12-24-14(3)11-16-5-4-6-18(20(16)24)21(19)25/h4-10,12-14H,11H2,1-3H3,(H,23,26). The van der Waals surface area contributed by atoms with Crippen molar-refractivity contribution in [1.29, 1.82) is 0 Å². The fraction of sp³-hybridized carbons (Fsp3) is 0.273. The molecular formula is C22H22N2O2. The lowest BCUT2D eigenvalue weighted by Crippen LogP contribution is -2.23. The van der Waals surface area contributed by atoms with Gasteiger partial charge in [0, 0.05) is 23.3 Å². The van der Waals surface area contributed by atoms with Crippen LogP contribution >= 0.6 is 0 Å².